The van der Waals surface area contributed by atoms with E-state index in [2.05, 4.69) is 10.3 Å². The maximum absolute atomic E-state index is 12.8. The second-order valence-corrected chi connectivity index (χ2v) is 6.02. The number of hydrogen-bond donors (Lipinski definition) is 2. The van der Waals surface area contributed by atoms with Gasteiger partial charge in [0.2, 0.25) is 0 Å². The van der Waals surface area contributed by atoms with Crippen LogP contribution < -0.4 is 10.1 Å². The molecule has 2 aromatic rings. The fourth-order valence-electron chi connectivity index (χ4n) is 3.25. The molecule has 1 amide bonds. The lowest BCUT2D eigenvalue weighted by atomic mass is 10.00. The summed E-state index contributed by atoms with van der Waals surface area (Å²) in [6, 6.07) is 7.58. The Labute approximate surface area is 146 Å². The molecule has 0 bridgehead atoms. The van der Waals surface area contributed by atoms with Gasteiger partial charge >= 0.3 is 5.97 Å². The largest absolute Gasteiger partial charge is 0.493 e. The van der Waals surface area contributed by atoms with Gasteiger partial charge in [0.15, 0.2) is 0 Å². The second-order valence-electron chi connectivity index (χ2n) is 6.02. The number of H-pyrrole nitrogens is 1. The molecule has 6 nitrogen and oxygen atoms in total. The molecule has 3 rings (SSSR count). The number of benzene rings is 1. The topological polar surface area (TPSA) is 80.4 Å². The molecule has 1 aliphatic heterocycles. The monoisotopic (exact) mass is 342 g/mol. The van der Waals surface area contributed by atoms with Gasteiger partial charge in [-0.3, -0.25) is 4.79 Å². The van der Waals surface area contributed by atoms with Crippen molar-refractivity contribution in [2.75, 3.05) is 13.7 Å². The molecule has 0 saturated heterocycles. The summed E-state index contributed by atoms with van der Waals surface area (Å²) in [5, 5.41) is 3.05. The molecule has 0 radical (unpaired) electrons. The van der Waals surface area contributed by atoms with Crippen LogP contribution in [-0.2, 0) is 11.2 Å². The summed E-state index contributed by atoms with van der Waals surface area (Å²) >= 11 is 0. The predicted octanol–water partition coefficient (Wildman–Crippen LogP) is 2.93. The van der Waals surface area contributed by atoms with Crippen LogP contribution in [0.1, 0.15) is 57.1 Å². The van der Waals surface area contributed by atoms with Gasteiger partial charge in [-0.15, -0.1) is 0 Å². The van der Waals surface area contributed by atoms with Crippen LogP contribution in [0.25, 0.3) is 0 Å². The van der Waals surface area contributed by atoms with E-state index in [0.717, 1.165) is 11.3 Å². The number of esters is 1. The van der Waals surface area contributed by atoms with Crippen molar-refractivity contribution in [3.8, 4) is 5.75 Å². The molecule has 2 heterocycles. The Morgan fingerprint density at radius 2 is 2.12 bits per heavy atom. The molecule has 1 unspecified atom stereocenters. The molecule has 1 aromatic carbocycles. The van der Waals surface area contributed by atoms with E-state index in [1.165, 1.54) is 7.11 Å². The first-order chi connectivity index (χ1) is 12.1. The van der Waals surface area contributed by atoms with Crippen LogP contribution in [0.3, 0.4) is 0 Å². The Kier molecular flexibility index (Phi) is 4.79. The number of methoxy groups -OCH3 is 1. The highest BCUT2D eigenvalue weighted by Crippen LogP contribution is 2.32. The SMILES string of the molecule is CCc1[nH]c(C(=O)NC2CCOc3ccccc32)c(C)c1C(=O)OC. The molecule has 1 aromatic heterocycles. The highest BCUT2D eigenvalue weighted by atomic mass is 16.5. The summed E-state index contributed by atoms with van der Waals surface area (Å²) in [5.74, 6) is 0.136. The summed E-state index contributed by atoms with van der Waals surface area (Å²) < 4.78 is 10.5. The number of ether oxygens (including phenoxy) is 2. The number of carbonyl (C=O) groups excluding carboxylic acids is 2. The standard InChI is InChI=1S/C19H22N2O4/c1-4-13-16(19(23)24-3)11(2)17(20-13)18(22)21-14-9-10-25-15-8-6-5-7-12(14)15/h5-8,14,20H,4,9-10H2,1-3H3,(H,21,22). The van der Waals surface area contributed by atoms with E-state index < -0.39 is 5.97 Å². The van der Waals surface area contributed by atoms with Crippen LogP contribution in [0.15, 0.2) is 24.3 Å². The first-order valence-electron chi connectivity index (χ1n) is 8.39. The van der Waals surface area contributed by atoms with Gasteiger partial charge < -0.3 is 19.8 Å². The Bertz CT molecular complexity index is 810. The minimum atomic E-state index is -0.430. The zero-order valence-electron chi connectivity index (χ0n) is 14.6. The maximum atomic E-state index is 12.8. The fraction of sp³-hybridized carbons (Fsp3) is 0.368. The number of nitrogens with one attached hydrogen (secondary N) is 2. The van der Waals surface area contributed by atoms with Crippen LogP contribution in [0.5, 0.6) is 5.75 Å². The summed E-state index contributed by atoms with van der Waals surface area (Å²) in [5.41, 5.74) is 3.14. The van der Waals surface area contributed by atoms with E-state index in [-0.39, 0.29) is 11.9 Å². The Morgan fingerprint density at radius 1 is 1.36 bits per heavy atom. The molecule has 132 valence electrons. The molecule has 0 saturated carbocycles. The van der Waals surface area contributed by atoms with Crippen LogP contribution >= 0.6 is 0 Å². The second kappa shape index (κ2) is 7.01. The number of para-hydroxylation sites is 1. The van der Waals surface area contributed by atoms with Crippen LogP contribution in [0.2, 0.25) is 0 Å². The van der Waals surface area contributed by atoms with Gasteiger partial charge in [-0.2, -0.15) is 0 Å². The third-order valence-electron chi connectivity index (χ3n) is 4.56. The third kappa shape index (κ3) is 3.12. The maximum Gasteiger partial charge on any atom is 0.339 e. The summed E-state index contributed by atoms with van der Waals surface area (Å²) in [6.45, 7) is 4.24. The number of hydrogen-bond acceptors (Lipinski definition) is 4. The minimum absolute atomic E-state index is 0.119. The van der Waals surface area contributed by atoms with E-state index in [9.17, 15) is 9.59 Å². The minimum Gasteiger partial charge on any atom is -0.493 e. The molecule has 6 heteroatoms. The Balaban J connectivity index is 1.88. The van der Waals surface area contributed by atoms with E-state index in [0.29, 0.717) is 42.0 Å². The number of fused-ring (bicyclic) bond motifs is 1. The van der Waals surface area contributed by atoms with Crippen LogP contribution in [-0.4, -0.2) is 30.6 Å². The molecule has 0 spiro atoms. The van der Waals surface area contributed by atoms with Gasteiger partial charge in [-0.1, -0.05) is 25.1 Å². The van der Waals surface area contributed by atoms with E-state index in [4.69, 9.17) is 9.47 Å². The number of amides is 1. The zero-order valence-corrected chi connectivity index (χ0v) is 14.6. The predicted molar refractivity (Wildman–Crippen MR) is 93.0 cm³/mol. The Morgan fingerprint density at radius 3 is 2.84 bits per heavy atom. The smallest absolute Gasteiger partial charge is 0.339 e. The van der Waals surface area contributed by atoms with E-state index in [1.54, 1.807) is 6.92 Å². The van der Waals surface area contributed by atoms with Crippen molar-refractivity contribution in [1.29, 1.82) is 0 Å². The fourth-order valence-corrected chi connectivity index (χ4v) is 3.25. The molecule has 2 N–H and O–H groups in total. The van der Waals surface area contributed by atoms with Crippen molar-refractivity contribution in [2.24, 2.45) is 0 Å². The first kappa shape index (κ1) is 17.1. The Hall–Kier alpha value is -2.76. The summed E-state index contributed by atoms with van der Waals surface area (Å²) in [6.07, 6.45) is 1.31. The molecule has 0 fully saturated rings. The first-order valence-corrected chi connectivity index (χ1v) is 8.39. The van der Waals surface area contributed by atoms with Crippen molar-refractivity contribution in [1.82, 2.24) is 10.3 Å². The molecular weight excluding hydrogens is 320 g/mol. The lowest BCUT2D eigenvalue weighted by Crippen LogP contribution is -2.32. The van der Waals surface area contributed by atoms with Crippen molar-refractivity contribution < 1.29 is 19.1 Å². The summed E-state index contributed by atoms with van der Waals surface area (Å²) in [7, 11) is 1.34. The van der Waals surface area contributed by atoms with Crippen molar-refractivity contribution in [3.05, 3.63) is 52.3 Å². The lowest BCUT2D eigenvalue weighted by Gasteiger charge is -2.26. The normalized spacial score (nSPS) is 15.9. The van der Waals surface area contributed by atoms with Crippen LogP contribution in [0.4, 0.5) is 0 Å². The van der Waals surface area contributed by atoms with E-state index in [1.807, 2.05) is 31.2 Å². The lowest BCUT2D eigenvalue weighted by molar-refractivity contribution is 0.0599. The van der Waals surface area contributed by atoms with Crippen LogP contribution in [0, 0.1) is 6.92 Å². The van der Waals surface area contributed by atoms with Crippen molar-refractivity contribution in [2.45, 2.75) is 32.7 Å². The molecule has 1 aliphatic rings. The quantitative estimate of drug-likeness (QED) is 0.837. The van der Waals surface area contributed by atoms with Gasteiger partial charge in [-0.05, 0) is 25.0 Å². The molecule has 25 heavy (non-hydrogen) atoms. The molecule has 0 aliphatic carbocycles. The van der Waals surface area contributed by atoms with Gasteiger partial charge in [0.25, 0.3) is 5.91 Å². The van der Waals surface area contributed by atoms with Crippen molar-refractivity contribution in [3.63, 3.8) is 0 Å². The zero-order chi connectivity index (χ0) is 18.0. The van der Waals surface area contributed by atoms with Gasteiger partial charge in [0.05, 0.1) is 25.3 Å². The number of aryl methyl sites for hydroxylation is 1. The highest BCUT2D eigenvalue weighted by Gasteiger charge is 2.27. The van der Waals surface area contributed by atoms with Gasteiger partial charge in [0.1, 0.15) is 11.4 Å². The van der Waals surface area contributed by atoms with Crippen molar-refractivity contribution >= 4 is 11.9 Å². The average Bonchev–Trinajstić information content (AvgIpc) is 2.98. The summed E-state index contributed by atoms with van der Waals surface area (Å²) in [4.78, 5) is 27.9. The average molecular weight is 342 g/mol. The highest BCUT2D eigenvalue weighted by molar-refractivity contribution is 6.00. The molecule has 1 atom stereocenters. The molecular formula is C19H22N2O4. The van der Waals surface area contributed by atoms with Gasteiger partial charge in [-0.25, -0.2) is 4.79 Å². The van der Waals surface area contributed by atoms with Gasteiger partial charge in [0, 0.05) is 17.7 Å². The van der Waals surface area contributed by atoms with E-state index >= 15 is 0 Å². The number of rotatable bonds is 4. The number of carbonyl (C=O) groups is 2. The number of aromatic amines is 1. The number of aromatic nitrogens is 1. The third-order valence-corrected chi connectivity index (χ3v) is 4.56.